The number of aliphatic imine (C=N–C) groups is 1. The van der Waals surface area contributed by atoms with Gasteiger partial charge in [-0.3, -0.25) is 14.6 Å². The summed E-state index contributed by atoms with van der Waals surface area (Å²) in [5.74, 6) is -3.76. The molecule has 0 bridgehead atoms. The van der Waals surface area contributed by atoms with E-state index in [0.29, 0.717) is 18.7 Å². The molecule has 0 aromatic heterocycles. The topological polar surface area (TPSA) is 154 Å². The van der Waals surface area contributed by atoms with E-state index in [9.17, 15) is 24.3 Å². The van der Waals surface area contributed by atoms with Gasteiger partial charge < -0.3 is 25.6 Å². The molecule has 3 heterocycles. The summed E-state index contributed by atoms with van der Waals surface area (Å²) in [5, 5.41) is 24.2. The molecule has 4 rings (SSSR count). The van der Waals surface area contributed by atoms with Crippen LogP contribution in [-0.2, 0) is 19.1 Å². The lowest BCUT2D eigenvalue weighted by Gasteiger charge is -2.44. The number of benzene rings is 1. The van der Waals surface area contributed by atoms with Crippen LogP contribution in [0.2, 0.25) is 0 Å². The van der Waals surface area contributed by atoms with Gasteiger partial charge in [0.25, 0.3) is 0 Å². The number of nitrogens with zero attached hydrogens (tertiary/aromatic N) is 1. The van der Waals surface area contributed by atoms with Crippen LogP contribution in [0.1, 0.15) is 37.6 Å². The number of amides is 1. The summed E-state index contributed by atoms with van der Waals surface area (Å²) in [6.45, 7) is 5.88. The maximum Gasteiger partial charge on any atom is 0.350 e. The van der Waals surface area contributed by atoms with Gasteiger partial charge in [0.1, 0.15) is 17.7 Å². The van der Waals surface area contributed by atoms with E-state index in [4.69, 9.17) is 15.5 Å². The molecule has 11 heteroatoms. The Labute approximate surface area is 204 Å². The minimum atomic E-state index is -1.39. The van der Waals surface area contributed by atoms with Crippen LogP contribution in [0.15, 0.2) is 29.3 Å². The molecule has 3 aliphatic rings. The third kappa shape index (κ3) is 4.35. The minimum Gasteiger partial charge on any atom is -0.478 e. The number of cyclic esters (lactones) is 1. The van der Waals surface area contributed by atoms with E-state index in [1.165, 1.54) is 12.1 Å². The first-order valence-corrected chi connectivity index (χ1v) is 12.9. The third-order valence-corrected chi connectivity index (χ3v) is 10.0. The summed E-state index contributed by atoms with van der Waals surface area (Å²) in [6, 6.07) is 5.41. The molecular weight excluding hydrogens is 474 g/mol. The average molecular weight is 504 g/mol. The van der Waals surface area contributed by atoms with E-state index in [-0.39, 0.29) is 40.4 Å². The summed E-state index contributed by atoms with van der Waals surface area (Å²) in [7, 11) is -1.39. The Morgan fingerprint density at radius 1 is 1.26 bits per heavy atom. The maximum atomic E-state index is 12.8. The van der Waals surface area contributed by atoms with Gasteiger partial charge in [0, 0.05) is 22.7 Å². The second kappa shape index (κ2) is 9.14. The lowest BCUT2D eigenvalue weighted by atomic mass is 9.72. The minimum absolute atomic E-state index is 0.0149. The van der Waals surface area contributed by atoms with Crippen LogP contribution >= 0.6 is 10.3 Å². The van der Waals surface area contributed by atoms with Crippen LogP contribution in [0.3, 0.4) is 0 Å². The number of nitrogens with one attached hydrogen (secondary N) is 2. The van der Waals surface area contributed by atoms with Crippen LogP contribution in [0.4, 0.5) is 5.69 Å². The number of carboxylic acid groups (broad SMARTS) is 2. The van der Waals surface area contributed by atoms with Gasteiger partial charge in [-0.05, 0) is 44.4 Å². The molecule has 0 saturated carbocycles. The van der Waals surface area contributed by atoms with E-state index < -0.39 is 45.0 Å². The number of esters is 1. The zero-order valence-corrected chi connectivity index (χ0v) is 20.5. The summed E-state index contributed by atoms with van der Waals surface area (Å²) in [4.78, 5) is 52.8. The van der Waals surface area contributed by atoms with Crippen molar-refractivity contribution < 1.29 is 34.1 Å². The molecule has 1 amide bonds. The van der Waals surface area contributed by atoms with Gasteiger partial charge in [0.05, 0.1) is 17.1 Å². The summed E-state index contributed by atoms with van der Waals surface area (Å²) < 4.78 is 5.11. The van der Waals surface area contributed by atoms with Crippen molar-refractivity contribution in [1.29, 1.82) is 0 Å². The van der Waals surface area contributed by atoms with Crippen molar-refractivity contribution >= 4 is 45.5 Å². The molecule has 1 unspecified atom stereocenters. The molecule has 3 aliphatic heterocycles. The molecule has 1 aromatic rings. The number of ether oxygens (including phenoxy) is 1. The Bertz CT molecular complexity index is 1200. The van der Waals surface area contributed by atoms with Gasteiger partial charge in [-0.15, -0.1) is 5.69 Å². The first-order valence-electron chi connectivity index (χ1n) is 11.4. The normalized spacial score (nSPS) is 34.9. The van der Waals surface area contributed by atoms with Gasteiger partial charge in [-0.25, -0.2) is 9.59 Å². The zero-order chi connectivity index (χ0) is 25.7. The number of hydrogen-bond donors (Lipinski definition) is 5. The van der Waals surface area contributed by atoms with E-state index in [1.807, 2.05) is 6.92 Å². The number of carboxylic acids is 2. The van der Waals surface area contributed by atoms with Crippen molar-refractivity contribution in [3.63, 3.8) is 0 Å². The maximum absolute atomic E-state index is 12.8. The first-order chi connectivity index (χ1) is 16.4. The number of carbonyl (C=O) groups is 4. The molecule has 35 heavy (non-hydrogen) atoms. The molecule has 2 fully saturated rings. The molecule has 2 saturated heterocycles. The zero-order valence-electron chi connectivity index (χ0n) is 19.6. The van der Waals surface area contributed by atoms with Crippen molar-refractivity contribution in [2.24, 2.45) is 16.8 Å². The van der Waals surface area contributed by atoms with E-state index in [0.717, 1.165) is 0 Å². The molecule has 0 aliphatic carbocycles. The molecular formula is C24H29N3O7S. The SMILES string of the molecule is C#[SH]([C@@H]1CN[C@H](C(=O)Nc2cccc(C(=O)O)c2)C1)[C@@H]1C(C(=O)O)=N[C@@](C)([C@@H]2C(=O)O[C@@H]2C)[C@H]1C. The Balaban J connectivity index is 1.47. The Morgan fingerprint density at radius 2 is 1.97 bits per heavy atom. The predicted molar refractivity (Wildman–Crippen MR) is 132 cm³/mol. The van der Waals surface area contributed by atoms with Gasteiger partial charge in [0.2, 0.25) is 5.91 Å². The van der Waals surface area contributed by atoms with Crippen LogP contribution in [-0.4, -0.2) is 74.5 Å². The fourth-order valence-electron chi connectivity index (χ4n) is 5.40. The molecule has 1 aromatic carbocycles. The van der Waals surface area contributed by atoms with Crippen molar-refractivity contribution in [3.05, 3.63) is 29.8 Å². The van der Waals surface area contributed by atoms with Crippen molar-refractivity contribution in [2.75, 3.05) is 11.9 Å². The highest BCUT2D eigenvalue weighted by Gasteiger charge is 2.60. The highest BCUT2D eigenvalue weighted by atomic mass is 32.2. The average Bonchev–Trinajstić information content (AvgIpc) is 3.37. The largest absolute Gasteiger partial charge is 0.478 e. The number of aliphatic carboxylic acids is 1. The fraction of sp³-hybridized carbons (Fsp3) is 0.500. The smallest absolute Gasteiger partial charge is 0.350 e. The van der Waals surface area contributed by atoms with E-state index in [2.05, 4.69) is 15.6 Å². The number of aromatic carboxylic acids is 1. The second-order valence-corrected chi connectivity index (χ2v) is 11.7. The summed E-state index contributed by atoms with van der Waals surface area (Å²) in [5.41, 5.74) is 6.18. The predicted octanol–water partition coefficient (Wildman–Crippen LogP) is 1.51. The highest BCUT2D eigenvalue weighted by Crippen LogP contribution is 2.50. The van der Waals surface area contributed by atoms with Crippen LogP contribution in [0, 0.1) is 17.5 Å². The van der Waals surface area contributed by atoms with Gasteiger partial charge >= 0.3 is 17.9 Å². The first kappa shape index (κ1) is 25.0. The second-order valence-electron chi connectivity index (χ2n) is 9.55. The number of rotatable bonds is 5. The molecule has 0 spiro atoms. The van der Waals surface area contributed by atoms with Crippen LogP contribution in [0.25, 0.3) is 0 Å². The standard InChI is InChI=1S/C24H29N3O7S/c1-11-19(18(22(31)32)27-24(11,3)17-12(2)34-23(17)33)35(4)15-9-16(25-10-15)20(28)26-14-7-5-6-13(8-14)21(29)30/h4-8,11-12,15-17,19,25,35H,9-10H2,1-3H3,(H,26,28)(H,29,30)(H,31,32)/t11-,12+,15-,16-,17-,19-,24+/m0/s1. The van der Waals surface area contributed by atoms with Crippen molar-refractivity contribution in [2.45, 2.75) is 55.4 Å². The van der Waals surface area contributed by atoms with Gasteiger partial charge in [-0.1, -0.05) is 13.0 Å². The number of carbonyl (C=O) groups excluding carboxylic acids is 2. The van der Waals surface area contributed by atoms with Crippen LogP contribution in [0.5, 0.6) is 0 Å². The molecule has 4 N–H and O–H groups in total. The fourth-order valence-corrected chi connectivity index (χ4v) is 7.89. The number of hydrogen-bond acceptors (Lipinski definition) is 7. The monoisotopic (exact) mass is 503 g/mol. The van der Waals surface area contributed by atoms with Crippen molar-refractivity contribution in [3.8, 4) is 5.69 Å². The number of anilines is 1. The lowest BCUT2D eigenvalue weighted by molar-refractivity contribution is -0.189. The highest BCUT2D eigenvalue weighted by molar-refractivity contribution is 8.08. The Hall–Kier alpha value is -3.14. The molecule has 10 nitrogen and oxygen atoms in total. The summed E-state index contributed by atoms with van der Waals surface area (Å²) in [6.07, 6.45) is 0.0545. The Morgan fingerprint density at radius 3 is 2.57 bits per heavy atom. The summed E-state index contributed by atoms with van der Waals surface area (Å²) >= 11 is 0. The number of thiol groups is 1. The molecule has 188 valence electrons. The molecule has 8 atom stereocenters. The van der Waals surface area contributed by atoms with E-state index >= 15 is 0 Å². The third-order valence-electron chi connectivity index (χ3n) is 7.46. The quantitative estimate of drug-likeness (QED) is 0.299. The van der Waals surface area contributed by atoms with Crippen molar-refractivity contribution in [1.82, 2.24) is 5.32 Å². The van der Waals surface area contributed by atoms with Gasteiger partial charge in [0.15, 0.2) is 0 Å². The van der Waals surface area contributed by atoms with Gasteiger partial charge in [-0.2, -0.15) is 10.3 Å². The molecule has 0 radical (unpaired) electrons. The van der Waals surface area contributed by atoms with E-state index in [1.54, 1.807) is 26.0 Å². The lowest BCUT2D eigenvalue weighted by Crippen LogP contribution is -2.57. The van der Waals surface area contributed by atoms with Crippen LogP contribution < -0.4 is 10.6 Å². The Kier molecular flexibility index (Phi) is 6.52.